The smallest absolute Gasteiger partial charge is 0.229 e. The van der Waals surface area contributed by atoms with Crippen LogP contribution in [0.2, 0.25) is 5.02 Å². The molecule has 4 heterocycles. The van der Waals surface area contributed by atoms with Crippen LogP contribution < -0.4 is 11.1 Å². The Labute approximate surface area is 192 Å². The van der Waals surface area contributed by atoms with Gasteiger partial charge in [0, 0.05) is 59.6 Å². The molecule has 0 amide bonds. The topological polar surface area (TPSA) is 120 Å². The zero-order valence-electron chi connectivity index (χ0n) is 16.9. The normalized spacial score (nSPS) is 10.8. The number of pyridine rings is 1. The molecule has 33 heavy (non-hydrogen) atoms. The molecule has 1 aromatic carbocycles. The second-order valence-corrected chi connectivity index (χ2v) is 7.33. The third kappa shape index (κ3) is 4.32. The molecule has 9 nitrogen and oxygen atoms in total. The zero-order valence-corrected chi connectivity index (χ0v) is 17.6. The summed E-state index contributed by atoms with van der Waals surface area (Å²) in [6.45, 7) is 0. The summed E-state index contributed by atoms with van der Waals surface area (Å²) >= 11 is 5.89. The lowest BCUT2D eigenvalue weighted by molar-refractivity contribution is 0.628. The molecule has 0 atom stereocenters. The highest BCUT2D eigenvalue weighted by molar-refractivity contribution is 6.31. The zero-order chi connectivity index (χ0) is 22.8. The van der Waals surface area contributed by atoms with Crippen LogP contribution in [-0.2, 0) is 0 Å². The van der Waals surface area contributed by atoms with Gasteiger partial charge in [-0.15, -0.1) is 0 Å². The van der Waals surface area contributed by atoms with Crippen LogP contribution in [0.4, 0.5) is 22.0 Å². The van der Waals surface area contributed by atoms with Crippen molar-refractivity contribution in [3.8, 4) is 28.1 Å². The number of hydrogen-bond acceptors (Lipinski definition) is 8. The fraction of sp³-hybridized carbons (Fsp3) is 0. The van der Waals surface area contributed by atoms with Gasteiger partial charge in [-0.1, -0.05) is 11.6 Å². The quantitative estimate of drug-likeness (QED) is 0.399. The van der Waals surface area contributed by atoms with Crippen molar-refractivity contribution in [2.75, 3.05) is 11.1 Å². The van der Waals surface area contributed by atoms with Crippen LogP contribution in [-0.4, -0.2) is 34.7 Å². The maximum Gasteiger partial charge on any atom is 0.229 e. The Bertz CT molecular complexity index is 1420. The lowest BCUT2D eigenvalue weighted by Crippen LogP contribution is -2.06. The standard InChI is InChI=1S/C22H15ClFN9/c23-18-7-16(1-2-19(18)24)31-22-29-11-17(14-8-27-21(25)28-9-14)20(32-22)33-12-15(10-30-33)13-3-5-26-6-4-13/h1-12H,(H2,25,27,28)(H,29,31,32). The van der Waals surface area contributed by atoms with E-state index < -0.39 is 5.82 Å². The number of nitrogens with one attached hydrogen (secondary N) is 1. The molecular formula is C22H15ClFN9. The molecule has 0 fully saturated rings. The van der Waals surface area contributed by atoms with Gasteiger partial charge in [0.1, 0.15) is 5.82 Å². The molecule has 3 N–H and O–H groups in total. The molecule has 5 rings (SSSR count). The molecule has 5 aromatic rings. The molecule has 162 valence electrons. The second kappa shape index (κ2) is 8.60. The Morgan fingerprint density at radius 1 is 0.909 bits per heavy atom. The first-order valence-corrected chi connectivity index (χ1v) is 10.1. The number of halogens is 2. The molecule has 0 saturated heterocycles. The average molecular weight is 460 g/mol. The van der Waals surface area contributed by atoms with Crippen LogP contribution in [0.15, 0.2) is 73.7 Å². The van der Waals surface area contributed by atoms with Crippen LogP contribution in [0, 0.1) is 5.82 Å². The molecule has 0 aliphatic heterocycles. The molecule has 0 unspecified atom stereocenters. The van der Waals surface area contributed by atoms with Crippen LogP contribution in [0.1, 0.15) is 0 Å². The molecule has 0 aliphatic rings. The van der Waals surface area contributed by atoms with Crippen molar-refractivity contribution in [1.29, 1.82) is 0 Å². The van der Waals surface area contributed by atoms with Gasteiger partial charge < -0.3 is 11.1 Å². The summed E-state index contributed by atoms with van der Waals surface area (Å²) < 4.78 is 15.1. The monoisotopic (exact) mass is 459 g/mol. The summed E-state index contributed by atoms with van der Waals surface area (Å²) in [6.07, 6.45) is 11.8. The lowest BCUT2D eigenvalue weighted by Gasteiger charge is -2.11. The predicted molar refractivity (Wildman–Crippen MR) is 123 cm³/mol. The van der Waals surface area contributed by atoms with Gasteiger partial charge in [-0.3, -0.25) is 4.98 Å². The summed E-state index contributed by atoms with van der Waals surface area (Å²) in [5.41, 5.74) is 9.32. The summed E-state index contributed by atoms with van der Waals surface area (Å²) in [7, 11) is 0. The molecule has 0 saturated carbocycles. The van der Waals surface area contributed by atoms with E-state index in [1.807, 2.05) is 18.3 Å². The van der Waals surface area contributed by atoms with E-state index in [0.717, 1.165) is 11.1 Å². The summed E-state index contributed by atoms with van der Waals surface area (Å²) in [5.74, 6) is 0.401. The molecule has 4 aromatic heterocycles. The SMILES string of the molecule is Nc1ncc(-c2cnc(Nc3ccc(F)c(Cl)c3)nc2-n2cc(-c3ccncc3)cn2)cn1. The Morgan fingerprint density at radius 3 is 2.45 bits per heavy atom. The highest BCUT2D eigenvalue weighted by atomic mass is 35.5. The predicted octanol–water partition coefficient (Wildman–Crippen LogP) is 4.30. The molecule has 0 radical (unpaired) electrons. The Kier molecular flexibility index (Phi) is 5.33. The fourth-order valence-electron chi connectivity index (χ4n) is 3.12. The van der Waals surface area contributed by atoms with Crippen LogP contribution >= 0.6 is 11.6 Å². The average Bonchev–Trinajstić information content (AvgIpc) is 3.33. The van der Waals surface area contributed by atoms with E-state index >= 15 is 0 Å². The van der Waals surface area contributed by atoms with Crippen molar-refractivity contribution in [2.45, 2.75) is 0 Å². The van der Waals surface area contributed by atoms with E-state index in [2.05, 4.69) is 35.3 Å². The molecular weight excluding hydrogens is 445 g/mol. The number of nitrogens with two attached hydrogens (primary N) is 1. The number of hydrogen-bond donors (Lipinski definition) is 2. The van der Waals surface area contributed by atoms with Crippen molar-refractivity contribution in [1.82, 2.24) is 34.7 Å². The first kappa shape index (κ1) is 20.5. The number of nitrogen functional groups attached to an aromatic ring is 1. The van der Waals surface area contributed by atoms with Gasteiger partial charge in [-0.25, -0.2) is 24.0 Å². The Balaban J connectivity index is 1.58. The van der Waals surface area contributed by atoms with E-state index in [-0.39, 0.29) is 16.9 Å². The van der Waals surface area contributed by atoms with Crippen molar-refractivity contribution in [2.24, 2.45) is 0 Å². The summed E-state index contributed by atoms with van der Waals surface area (Å²) in [4.78, 5) is 21.2. The van der Waals surface area contributed by atoms with E-state index in [0.29, 0.717) is 22.6 Å². The third-order valence-corrected chi connectivity index (χ3v) is 5.03. The van der Waals surface area contributed by atoms with Crippen molar-refractivity contribution >= 4 is 29.2 Å². The van der Waals surface area contributed by atoms with Gasteiger partial charge >= 0.3 is 0 Å². The van der Waals surface area contributed by atoms with Gasteiger partial charge in [0.2, 0.25) is 11.9 Å². The second-order valence-electron chi connectivity index (χ2n) is 6.92. The van der Waals surface area contributed by atoms with Crippen LogP contribution in [0.25, 0.3) is 28.1 Å². The number of anilines is 3. The van der Waals surface area contributed by atoms with Gasteiger partial charge in [0.05, 0.1) is 11.2 Å². The molecule has 0 bridgehead atoms. The van der Waals surface area contributed by atoms with E-state index in [4.69, 9.17) is 17.3 Å². The number of aromatic nitrogens is 7. The minimum absolute atomic E-state index is 0.00932. The van der Waals surface area contributed by atoms with Gasteiger partial charge in [-0.2, -0.15) is 10.1 Å². The largest absolute Gasteiger partial charge is 0.368 e. The van der Waals surface area contributed by atoms with Crippen LogP contribution in [0.3, 0.4) is 0 Å². The van der Waals surface area contributed by atoms with Gasteiger partial charge in [0.15, 0.2) is 5.82 Å². The Morgan fingerprint density at radius 2 is 1.70 bits per heavy atom. The summed E-state index contributed by atoms with van der Waals surface area (Å²) in [6, 6.07) is 8.04. The summed E-state index contributed by atoms with van der Waals surface area (Å²) in [5, 5.41) is 7.51. The van der Waals surface area contributed by atoms with Crippen molar-refractivity contribution in [3.05, 3.63) is 84.5 Å². The third-order valence-electron chi connectivity index (χ3n) is 4.74. The van der Waals surface area contributed by atoms with Crippen molar-refractivity contribution in [3.63, 3.8) is 0 Å². The molecule has 0 aliphatic carbocycles. The Hall–Kier alpha value is -4.44. The van der Waals surface area contributed by atoms with Crippen LogP contribution in [0.5, 0.6) is 0 Å². The minimum Gasteiger partial charge on any atom is -0.368 e. The van der Waals surface area contributed by atoms with Crippen molar-refractivity contribution < 1.29 is 4.39 Å². The van der Waals surface area contributed by atoms with E-state index in [1.54, 1.807) is 47.9 Å². The first-order chi connectivity index (χ1) is 16.1. The van der Waals surface area contributed by atoms with E-state index in [9.17, 15) is 4.39 Å². The lowest BCUT2D eigenvalue weighted by atomic mass is 10.1. The fourth-order valence-corrected chi connectivity index (χ4v) is 3.30. The maximum atomic E-state index is 13.5. The molecule has 11 heteroatoms. The number of nitrogens with zero attached hydrogens (tertiary/aromatic N) is 7. The van der Waals surface area contributed by atoms with Gasteiger partial charge in [0.25, 0.3) is 0 Å². The molecule has 0 spiro atoms. The maximum absolute atomic E-state index is 13.5. The number of rotatable bonds is 5. The number of benzene rings is 1. The first-order valence-electron chi connectivity index (χ1n) is 9.69. The highest BCUT2D eigenvalue weighted by Gasteiger charge is 2.15. The highest BCUT2D eigenvalue weighted by Crippen LogP contribution is 2.28. The van der Waals surface area contributed by atoms with E-state index in [1.165, 1.54) is 12.1 Å². The minimum atomic E-state index is -0.511. The van der Waals surface area contributed by atoms with Gasteiger partial charge in [-0.05, 0) is 35.9 Å².